The molecule has 0 unspecified atom stereocenters. The van der Waals surface area contributed by atoms with Crippen LogP contribution in [0.4, 0.5) is 43.7 Å². The van der Waals surface area contributed by atoms with E-state index in [1.807, 2.05) is 48.5 Å². The van der Waals surface area contributed by atoms with Gasteiger partial charge in [-0.1, -0.05) is 12.1 Å². The van der Waals surface area contributed by atoms with Gasteiger partial charge in [-0.05, 0) is 79.0 Å². The smallest absolute Gasteiger partial charge is 0.372 e. The Hall–Kier alpha value is -4.89. The summed E-state index contributed by atoms with van der Waals surface area (Å²) in [6, 6.07) is 19.7. The molecule has 46 heavy (non-hydrogen) atoms. The quantitative estimate of drug-likeness (QED) is 0.112. The molecule has 0 amide bonds. The predicted octanol–water partition coefficient (Wildman–Crippen LogP) is 8.07. The van der Waals surface area contributed by atoms with Crippen LogP contribution in [-0.4, -0.2) is 47.8 Å². The Balaban J connectivity index is 1.27. The van der Waals surface area contributed by atoms with E-state index in [-0.39, 0.29) is 5.52 Å². The van der Waals surface area contributed by atoms with Crippen LogP contribution < -0.4 is 10.0 Å². The van der Waals surface area contributed by atoms with E-state index in [9.17, 15) is 31.4 Å². The molecule has 6 aromatic rings. The van der Waals surface area contributed by atoms with Crippen molar-refractivity contribution < 1.29 is 31.4 Å². The molecule has 4 aromatic heterocycles. The molecule has 0 atom stereocenters. The number of fused-ring (bicyclic) bond motifs is 2. The zero-order valence-electron chi connectivity index (χ0n) is 23.7. The van der Waals surface area contributed by atoms with Gasteiger partial charge in [0.25, 0.3) is 5.60 Å². The third-order valence-electron chi connectivity index (χ3n) is 7.38. The summed E-state index contributed by atoms with van der Waals surface area (Å²) in [6.07, 6.45) is -5.81. The van der Waals surface area contributed by atoms with Crippen molar-refractivity contribution in [3.63, 3.8) is 0 Å². The van der Waals surface area contributed by atoms with E-state index in [4.69, 9.17) is 0 Å². The van der Waals surface area contributed by atoms with Gasteiger partial charge in [0.15, 0.2) is 0 Å². The van der Waals surface area contributed by atoms with Gasteiger partial charge in [-0.15, -0.1) is 0 Å². The maximum Gasteiger partial charge on any atom is 0.428 e. The molecule has 0 fully saturated rings. The molecular formula is C31H23F6N7OS. The number of halogens is 6. The minimum Gasteiger partial charge on any atom is -0.372 e. The Morgan fingerprint density at radius 3 is 2.26 bits per heavy atom. The average molecular weight is 656 g/mol. The van der Waals surface area contributed by atoms with E-state index in [1.54, 1.807) is 37.6 Å². The number of rotatable bonds is 8. The van der Waals surface area contributed by atoms with Crippen LogP contribution in [0.1, 0.15) is 5.56 Å². The molecule has 0 spiro atoms. The van der Waals surface area contributed by atoms with Gasteiger partial charge in [0.1, 0.15) is 11.6 Å². The van der Waals surface area contributed by atoms with E-state index in [2.05, 4.69) is 30.1 Å². The van der Waals surface area contributed by atoms with Crippen LogP contribution in [0.3, 0.4) is 0 Å². The number of pyridine rings is 3. The second-order valence-corrected chi connectivity index (χ2v) is 11.2. The molecular weight excluding hydrogens is 632 g/mol. The van der Waals surface area contributed by atoms with Gasteiger partial charge in [-0.3, -0.25) is 9.67 Å². The highest BCUT2D eigenvalue weighted by molar-refractivity contribution is 8.00. The van der Waals surface area contributed by atoms with Crippen molar-refractivity contribution in [1.82, 2.24) is 24.7 Å². The normalized spacial score (nSPS) is 12.5. The average Bonchev–Trinajstić information content (AvgIpc) is 3.43. The van der Waals surface area contributed by atoms with Crippen molar-refractivity contribution in [3.8, 4) is 11.3 Å². The second kappa shape index (κ2) is 11.8. The van der Waals surface area contributed by atoms with Crippen molar-refractivity contribution in [2.75, 3.05) is 10.0 Å². The summed E-state index contributed by atoms with van der Waals surface area (Å²) < 4.78 is 83.8. The van der Waals surface area contributed by atoms with Gasteiger partial charge in [0.2, 0.25) is 0 Å². The fourth-order valence-electron chi connectivity index (χ4n) is 4.87. The van der Waals surface area contributed by atoms with E-state index in [1.165, 1.54) is 24.2 Å². The van der Waals surface area contributed by atoms with E-state index >= 15 is 0 Å². The third kappa shape index (κ3) is 5.90. The summed E-state index contributed by atoms with van der Waals surface area (Å²) in [7, 11) is 0. The fraction of sp³-hybridized carbons (Fsp3) is 0.161. The number of hydrogen-bond acceptors (Lipinski definition) is 8. The van der Waals surface area contributed by atoms with Gasteiger partial charge >= 0.3 is 12.4 Å². The molecule has 0 saturated heterocycles. The SMILES string of the molecule is Cc1c(-c2nccc3cnc(Nc4ccc(SNc5ccccn5)cc4)cc23)ccc2c1cnn2CC(O)(C(F)(F)F)C(F)(F)F. The molecule has 4 heterocycles. The Bertz CT molecular complexity index is 2000. The summed E-state index contributed by atoms with van der Waals surface area (Å²) in [5, 5.41) is 18.5. The molecule has 15 heteroatoms. The van der Waals surface area contributed by atoms with Crippen LogP contribution in [0.5, 0.6) is 0 Å². The Morgan fingerprint density at radius 1 is 0.804 bits per heavy atom. The number of alkyl halides is 6. The highest BCUT2D eigenvalue weighted by atomic mass is 32.2. The summed E-state index contributed by atoms with van der Waals surface area (Å²) >= 11 is 1.42. The third-order valence-corrected chi connectivity index (χ3v) is 8.20. The summed E-state index contributed by atoms with van der Waals surface area (Å²) in [4.78, 5) is 14.2. The van der Waals surface area contributed by atoms with Gasteiger partial charge in [-0.25, -0.2) is 9.97 Å². The molecule has 0 aliphatic heterocycles. The molecule has 0 radical (unpaired) electrons. The number of aryl methyl sites for hydroxylation is 1. The highest BCUT2D eigenvalue weighted by Gasteiger charge is 2.70. The van der Waals surface area contributed by atoms with E-state index in [0.29, 0.717) is 38.1 Å². The Kier molecular flexibility index (Phi) is 7.98. The summed E-state index contributed by atoms with van der Waals surface area (Å²) in [5.74, 6) is 1.26. The van der Waals surface area contributed by atoms with Crippen molar-refractivity contribution >= 4 is 50.9 Å². The van der Waals surface area contributed by atoms with Crippen LogP contribution in [0.25, 0.3) is 32.9 Å². The molecule has 236 valence electrons. The monoisotopic (exact) mass is 655 g/mol. The lowest BCUT2D eigenvalue weighted by atomic mass is 9.98. The highest BCUT2D eigenvalue weighted by Crippen LogP contribution is 2.44. The number of aliphatic hydroxyl groups is 1. The number of anilines is 3. The van der Waals surface area contributed by atoms with Gasteiger partial charge < -0.3 is 15.1 Å². The molecule has 0 saturated carbocycles. The first kappa shape index (κ1) is 31.1. The largest absolute Gasteiger partial charge is 0.428 e. The molecule has 0 aliphatic carbocycles. The Labute approximate surface area is 261 Å². The van der Waals surface area contributed by atoms with Crippen molar-refractivity contribution in [2.45, 2.75) is 36.3 Å². The molecule has 3 N–H and O–H groups in total. The zero-order valence-corrected chi connectivity index (χ0v) is 24.5. The lowest BCUT2D eigenvalue weighted by Crippen LogP contribution is -2.59. The first-order chi connectivity index (χ1) is 21.8. The van der Waals surface area contributed by atoms with E-state index < -0.39 is 24.5 Å². The lowest BCUT2D eigenvalue weighted by molar-refractivity contribution is -0.372. The predicted molar refractivity (Wildman–Crippen MR) is 164 cm³/mol. The van der Waals surface area contributed by atoms with Crippen LogP contribution >= 0.6 is 11.9 Å². The minimum absolute atomic E-state index is 0.00530. The van der Waals surface area contributed by atoms with Crippen molar-refractivity contribution in [1.29, 1.82) is 0 Å². The number of benzene rings is 2. The fourth-order valence-corrected chi connectivity index (χ4v) is 5.48. The molecule has 8 nitrogen and oxygen atoms in total. The first-order valence-corrected chi connectivity index (χ1v) is 14.4. The standard InChI is InChI=1S/C31H23F6N7OS/c1-18-22(9-10-25-24(18)16-41-44(25)17-29(45,30(32,33)34)31(35,36)37)28-23-14-27(40-15-19(23)11-13-39-28)42-20-5-7-21(8-6-20)46-43-26-4-2-3-12-38-26/h2-16,45H,17H2,1H3,(H,38,43)(H,40,42). The van der Waals surface area contributed by atoms with Crippen LogP contribution in [0.15, 0.2) is 96.4 Å². The Morgan fingerprint density at radius 2 is 1.57 bits per heavy atom. The first-order valence-electron chi connectivity index (χ1n) is 13.6. The molecule has 0 aliphatic rings. The van der Waals surface area contributed by atoms with Gasteiger partial charge in [-0.2, -0.15) is 31.4 Å². The summed E-state index contributed by atoms with van der Waals surface area (Å²) in [6.45, 7) is -0.178. The number of aromatic nitrogens is 5. The maximum atomic E-state index is 13.3. The van der Waals surface area contributed by atoms with Crippen LogP contribution in [0.2, 0.25) is 0 Å². The minimum atomic E-state index is -5.97. The van der Waals surface area contributed by atoms with Gasteiger partial charge in [0.05, 0.1) is 24.0 Å². The second-order valence-electron chi connectivity index (χ2n) is 10.3. The van der Waals surface area contributed by atoms with Crippen molar-refractivity contribution in [3.05, 3.63) is 97.1 Å². The topological polar surface area (TPSA) is 101 Å². The van der Waals surface area contributed by atoms with Gasteiger partial charge in [0, 0.05) is 50.9 Å². The van der Waals surface area contributed by atoms with E-state index in [0.717, 1.165) is 21.8 Å². The molecule has 6 rings (SSSR count). The summed E-state index contributed by atoms with van der Waals surface area (Å²) in [5.41, 5.74) is -2.54. The molecule has 0 bridgehead atoms. The van der Waals surface area contributed by atoms with Crippen LogP contribution in [-0.2, 0) is 6.54 Å². The molecule has 2 aromatic carbocycles. The van der Waals surface area contributed by atoms with Crippen molar-refractivity contribution in [2.24, 2.45) is 0 Å². The number of nitrogens with zero attached hydrogens (tertiary/aromatic N) is 5. The maximum absolute atomic E-state index is 13.3. The lowest BCUT2D eigenvalue weighted by Gasteiger charge is -2.32. The number of hydrogen-bond donors (Lipinski definition) is 3. The number of nitrogens with one attached hydrogen (secondary N) is 2. The van der Waals surface area contributed by atoms with Crippen LogP contribution in [0, 0.1) is 6.92 Å². The zero-order chi connectivity index (χ0) is 32.7.